The van der Waals surface area contributed by atoms with E-state index in [2.05, 4.69) is 45.7 Å². The van der Waals surface area contributed by atoms with Crippen molar-refractivity contribution in [1.29, 1.82) is 0 Å². The van der Waals surface area contributed by atoms with Gasteiger partial charge in [0.05, 0.1) is 7.11 Å². The van der Waals surface area contributed by atoms with Gasteiger partial charge in [0.1, 0.15) is 5.75 Å². The van der Waals surface area contributed by atoms with Crippen molar-refractivity contribution in [2.75, 3.05) is 26.7 Å². The molecule has 5 nitrogen and oxygen atoms in total. The van der Waals surface area contributed by atoms with Crippen LogP contribution in [-0.4, -0.2) is 48.6 Å². The van der Waals surface area contributed by atoms with Crippen molar-refractivity contribution in [3.63, 3.8) is 0 Å². The Kier molecular flexibility index (Phi) is 7.18. The van der Waals surface area contributed by atoms with Crippen LogP contribution in [0.5, 0.6) is 5.75 Å². The van der Waals surface area contributed by atoms with Gasteiger partial charge in [-0.3, -0.25) is 4.79 Å². The second kappa shape index (κ2) is 9.81. The van der Waals surface area contributed by atoms with E-state index in [0.29, 0.717) is 5.56 Å². The molecule has 0 unspecified atom stereocenters. The van der Waals surface area contributed by atoms with Gasteiger partial charge in [-0.1, -0.05) is 18.2 Å². The minimum atomic E-state index is -0.0000966. The second-order valence-electron chi connectivity index (χ2n) is 7.43. The third-order valence-electron chi connectivity index (χ3n) is 5.65. The van der Waals surface area contributed by atoms with Crippen LogP contribution in [0.3, 0.4) is 0 Å². The first-order valence-electron chi connectivity index (χ1n) is 9.95. The van der Waals surface area contributed by atoms with Gasteiger partial charge in [-0.25, -0.2) is 0 Å². The highest BCUT2D eigenvalue weighted by molar-refractivity contribution is 5.94. The molecule has 1 aromatic heterocycles. The number of methoxy groups -OCH3 is 1. The Morgan fingerprint density at radius 3 is 2.59 bits per heavy atom. The third-order valence-corrected chi connectivity index (χ3v) is 5.65. The number of piperidine rings is 1. The molecule has 2 aromatic carbocycles. The van der Waals surface area contributed by atoms with Crippen LogP contribution in [-0.2, 0) is 6.42 Å². The van der Waals surface area contributed by atoms with Gasteiger partial charge in [0.15, 0.2) is 0 Å². The fourth-order valence-corrected chi connectivity index (χ4v) is 3.93. The Morgan fingerprint density at radius 1 is 1.14 bits per heavy atom. The van der Waals surface area contributed by atoms with Crippen molar-refractivity contribution in [2.45, 2.75) is 25.3 Å². The van der Waals surface area contributed by atoms with Gasteiger partial charge in [0.2, 0.25) is 0 Å². The van der Waals surface area contributed by atoms with Gasteiger partial charge in [0, 0.05) is 48.3 Å². The lowest BCUT2D eigenvalue weighted by atomic mass is 10.0. The first kappa shape index (κ1) is 21.2. The number of likely N-dealkylation sites (tertiary alicyclic amines) is 1. The van der Waals surface area contributed by atoms with Crippen LogP contribution >= 0.6 is 12.4 Å². The van der Waals surface area contributed by atoms with Gasteiger partial charge >= 0.3 is 0 Å². The number of halogens is 1. The number of fused-ring (bicyclic) bond motifs is 1. The molecule has 0 saturated carbocycles. The molecule has 0 atom stereocenters. The Bertz CT molecular complexity index is 931. The van der Waals surface area contributed by atoms with E-state index >= 15 is 0 Å². The molecule has 6 heteroatoms. The average molecular weight is 414 g/mol. The number of para-hydroxylation sites is 1. The summed E-state index contributed by atoms with van der Waals surface area (Å²) in [5.74, 6) is 0.764. The number of H-pyrrole nitrogens is 1. The summed E-state index contributed by atoms with van der Waals surface area (Å²) in [6.07, 6.45) is 5.17. The lowest BCUT2D eigenvalue weighted by Crippen LogP contribution is -2.45. The molecule has 0 aliphatic carbocycles. The van der Waals surface area contributed by atoms with Gasteiger partial charge in [0.25, 0.3) is 5.91 Å². The summed E-state index contributed by atoms with van der Waals surface area (Å²) >= 11 is 0. The van der Waals surface area contributed by atoms with Gasteiger partial charge < -0.3 is 19.9 Å². The molecule has 1 amide bonds. The summed E-state index contributed by atoms with van der Waals surface area (Å²) in [5.41, 5.74) is 3.27. The summed E-state index contributed by atoms with van der Waals surface area (Å²) in [7, 11) is 1.63. The van der Waals surface area contributed by atoms with Gasteiger partial charge in [-0.15, -0.1) is 12.4 Å². The van der Waals surface area contributed by atoms with Crippen LogP contribution in [0.2, 0.25) is 0 Å². The smallest absolute Gasteiger partial charge is 0.251 e. The van der Waals surface area contributed by atoms with Crippen LogP contribution in [0.1, 0.15) is 28.8 Å². The van der Waals surface area contributed by atoms with E-state index in [4.69, 9.17) is 4.74 Å². The Morgan fingerprint density at radius 2 is 1.86 bits per heavy atom. The number of ether oxygens (including phenoxy) is 1. The molecule has 4 rings (SSSR count). The number of aromatic nitrogens is 1. The maximum atomic E-state index is 12.4. The molecule has 1 aliphatic heterocycles. The van der Waals surface area contributed by atoms with Crippen molar-refractivity contribution in [3.05, 3.63) is 65.9 Å². The predicted molar refractivity (Wildman–Crippen MR) is 119 cm³/mol. The molecule has 1 fully saturated rings. The monoisotopic (exact) mass is 413 g/mol. The fourth-order valence-electron chi connectivity index (χ4n) is 3.93. The van der Waals surface area contributed by atoms with E-state index in [-0.39, 0.29) is 24.4 Å². The SMILES string of the molecule is COc1ccc(C(=O)NC2CCN(CCc3c[nH]c4ccccc34)CC2)cc1.Cl. The van der Waals surface area contributed by atoms with Crippen molar-refractivity contribution < 1.29 is 9.53 Å². The average Bonchev–Trinajstić information content (AvgIpc) is 3.16. The number of hydrogen-bond acceptors (Lipinski definition) is 3. The number of nitrogens with one attached hydrogen (secondary N) is 2. The Labute approximate surface area is 177 Å². The summed E-state index contributed by atoms with van der Waals surface area (Å²) in [6, 6.07) is 16.0. The first-order chi connectivity index (χ1) is 13.7. The maximum Gasteiger partial charge on any atom is 0.251 e. The number of carbonyl (C=O) groups is 1. The summed E-state index contributed by atoms with van der Waals surface area (Å²) < 4.78 is 5.14. The number of amides is 1. The standard InChI is InChI=1S/C23H27N3O2.ClH/c1-28-20-8-6-17(7-9-20)23(27)25-19-11-14-26(15-12-19)13-10-18-16-24-22-5-3-2-4-21(18)22;/h2-9,16,19,24H,10-15H2,1H3,(H,25,27);1H. The van der Waals surface area contributed by atoms with E-state index in [1.807, 2.05) is 24.3 Å². The molecule has 3 aromatic rings. The second-order valence-corrected chi connectivity index (χ2v) is 7.43. The Balaban J connectivity index is 0.00000240. The molecule has 1 aliphatic rings. The molecular formula is C23H28ClN3O2. The molecule has 0 bridgehead atoms. The predicted octanol–water partition coefficient (Wildman–Crippen LogP) is 4.04. The third kappa shape index (κ3) is 5.11. The quantitative estimate of drug-likeness (QED) is 0.641. The van der Waals surface area contributed by atoms with Crippen molar-refractivity contribution in [2.24, 2.45) is 0 Å². The number of hydrogen-bond donors (Lipinski definition) is 2. The van der Waals surface area contributed by atoms with E-state index < -0.39 is 0 Å². The zero-order valence-electron chi connectivity index (χ0n) is 16.7. The zero-order valence-corrected chi connectivity index (χ0v) is 17.5. The lowest BCUT2D eigenvalue weighted by molar-refractivity contribution is 0.0911. The number of nitrogens with zero attached hydrogens (tertiary/aromatic N) is 1. The highest BCUT2D eigenvalue weighted by atomic mass is 35.5. The van der Waals surface area contributed by atoms with Crippen molar-refractivity contribution >= 4 is 29.2 Å². The van der Waals surface area contributed by atoms with Crippen LogP contribution in [0.15, 0.2) is 54.7 Å². The molecule has 1 saturated heterocycles. The summed E-state index contributed by atoms with van der Waals surface area (Å²) in [5, 5.41) is 4.50. The molecule has 0 radical (unpaired) electrons. The highest BCUT2D eigenvalue weighted by Gasteiger charge is 2.21. The minimum absolute atomic E-state index is 0. The normalized spacial score (nSPS) is 15.1. The minimum Gasteiger partial charge on any atom is -0.497 e. The number of carbonyl (C=O) groups excluding carboxylic acids is 1. The number of benzene rings is 2. The van der Waals surface area contributed by atoms with Gasteiger partial charge in [-0.2, -0.15) is 0 Å². The molecule has 2 heterocycles. The van der Waals surface area contributed by atoms with E-state index in [9.17, 15) is 4.79 Å². The van der Waals surface area contributed by atoms with Crippen LogP contribution in [0, 0.1) is 0 Å². The van der Waals surface area contributed by atoms with Crippen LogP contribution < -0.4 is 10.1 Å². The Hall–Kier alpha value is -2.50. The zero-order chi connectivity index (χ0) is 19.3. The van der Waals surface area contributed by atoms with Crippen LogP contribution in [0.25, 0.3) is 10.9 Å². The number of rotatable bonds is 6. The fraction of sp³-hybridized carbons (Fsp3) is 0.348. The molecule has 0 spiro atoms. The van der Waals surface area contributed by atoms with Crippen LogP contribution in [0.4, 0.5) is 0 Å². The summed E-state index contributed by atoms with van der Waals surface area (Å²) in [4.78, 5) is 18.3. The topological polar surface area (TPSA) is 57.4 Å². The first-order valence-corrected chi connectivity index (χ1v) is 9.95. The van der Waals surface area contributed by atoms with E-state index in [0.717, 1.165) is 44.6 Å². The van der Waals surface area contributed by atoms with Crippen molar-refractivity contribution in [3.8, 4) is 5.75 Å². The van der Waals surface area contributed by atoms with E-state index in [1.165, 1.54) is 16.5 Å². The molecule has 29 heavy (non-hydrogen) atoms. The highest BCUT2D eigenvalue weighted by Crippen LogP contribution is 2.19. The maximum absolute atomic E-state index is 12.4. The van der Waals surface area contributed by atoms with Gasteiger partial charge in [-0.05, 0) is 55.2 Å². The molecular weight excluding hydrogens is 386 g/mol. The van der Waals surface area contributed by atoms with Crippen molar-refractivity contribution in [1.82, 2.24) is 15.2 Å². The molecule has 154 valence electrons. The molecule has 2 N–H and O–H groups in total. The number of aromatic amines is 1. The summed E-state index contributed by atoms with van der Waals surface area (Å²) in [6.45, 7) is 3.10. The van der Waals surface area contributed by atoms with E-state index in [1.54, 1.807) is 7.11 Å². The largest absolute Gasteiger partial charge is 0.497 e. The lowest BCUT2D eigenvalue weighted by Gasteiger charge is -2.32.